The molecule has 1 N–H and O–H groups in total. The molecule has 1 aromatic heterocycles. The van der Waals surface area contributed by atoms with E-state index in [4.69, 9.17) is 0 Å². The van der Waals surface area contributed by atoms with Crippen molar-refractivity contribution in [1.29, 1.82) is 0 Å². The van der Waals surface area contributed by atoms with Crippen LogP contribution in [0, 0.1) is 0 Å². The van der Waals surface area contributed by atoms with Crippen molar-refractivity contribution in [2.75, 3.05) is 39.3 Å². The zero-order valence-corrected chi connectivity index (χ0v) is 16.6. The van der Waals surface area contributed by atoms with E-state index >= 15 is 0 Å². The maximum absolute atomic E-state index is 12.4. The molecule has 0 spiro atoms. The lowest BCUT2D eigenvalue weighted by atomic mass is 9.83. The molecule has 1 amide bonds. The minimum absolute atomic E-state index is 0.158. The molecule has 5 nitrogen and oxygen atoms in total. The maximum Gasteiger partial charge on any atom is 0.234 e. The van der Waals surface area contributed by atoms with Crippen LogP contribution in [0.1, 0.15) is 35.6 Å². The van der Waals surface area contributed by atoms with E-state index in [-0.39, 0.29) is 5.91 Å². The molecule has 2 aromatic rings. The Balaban J connectivity index is 1.19. The number of nitrogens with one attached hydrogen (secondary N) is 1. The van der Waals surface area contributed by atoms with Gasteiger partial charge in [-0.2, -0.15) is 0 Å². The van der Waals surface area contributed by atoms with Gasteiger partial charge in [0.15, 0.2) is 0 Å². The fourth-order valence-corrected chi connectivity index (χ4v) is 4.76. The molecule has 2 heterocycles. The molecule has 2 aliphatic rings. The van der Waals surface area contributed by atoms with E-state index in [1.54, 1.807) is 11.3 Å². The van der Waals surface area contributed by atoms with Crippen molar-refractivity contribution in [3.63, 3.8) is 0 Å². The number of aryl methyl sites for hydroxylation is 1. The quantitative estimate of drug-likeness (QED) is 0.831. The highest BCUT2D eigenvalue weighted by Gasteiger charge is 2.22. The molecular weight excluding hydrogens is 356 g/mol. The second-order valence-electron chi connectivity index (χ2n) is 7.62. The Bertz CT molecular complexity index is 740. The number of nitrogens with zero attached hydrogens (tertiary/aromatic N) is 3. The van der Waals surface area contributed by atoms with Gasteiger partial charge in [0.1, 0.15) is 0 Å². The minimum atomic E-state index is 0.158. The molecule has 144 valence electrons. The summed E-state index contributed by atoms with van der Waals surface area (Å²) < 4.78 is 0. The lowest BCUT2D eigenvalue weighted by Gasteiger charge is -2.34. The van der Waals surface area contributed by atoms with Crippen molar-refractivity contribution < 1.29 is 4.79 Å². The summed E-state index contributed by atoms with van der Waals surface area (Å²) in [7, 11) is 0. The average molecular weight is 385 g/mol. The van der Waals surface area contributed by atoms with Crippen LogP contribution >= 0.6 is 11.3 Å². The van der Waals surface area contributed by atoms with Gasteiger partial charge in [0, 0.05) is 50.6 Å². The van der Waals surface area contributed by atoms with Crippen LogP contribution in [0.4, 0.5) is 0 Å². The monoisotopic (exact) mass is 384 g/mol. The number of benzene rings is 1. The van der Waals surface area contributed by atoms with Crippen LogP contribution in [0.5, 0.6) is 0 Å². The number of aromatic nitrogens is 1. The largest absolute Gasteiger partial charge is 0.354 e. The van der Waals surface area contributed by atoms with Crippen molar-refractivity contribution >= 4 is 17.2 Å². The molecule has 6 heteroatoms. The van der Waals surface area contributed by atoms with Gasteiger partial charge in [0.2, 0.25) is 5.91 Å². The van der Waals surface area contributed by atoms with Crippen LogP contribution < -0.4 is 5.32 Å². The van der Waals surface area contributed by atoms with Gasteiger partial charge in [-0.3, -0.25) is 14.6 Å². The van der Waals surface area contributed by atoms with Gasteiger partial charge in [-0.1, -0.05) is 24.3 Å². The van der Waals surface area contributed by atoms with Gasteiger partial charge in [-0.25, -0.2) is 4.98 Å². The zero-order chi connectivity index (χ0) is 18.5. The fourth-order valence-electron chi connectivity index (χ4n) is 4.21. The first-order chi connectivity index (χ1) is 13.3. The Hall–Kier alpha value is -1.76. The second kappa shape index (κ2) is 8.95. The summed E-state index contributed by atoms with van der Waals surface area (Å²) >= 11 is 1.65. The molecule has 1 unspecified atom stereocenters. The third-order valence-electron chi connectivity index (χ3n) is 5.74. The predicted molar refractivity (Wildman–Crippen MR) is 109 cm³/mol. The number of rotatable bonds is 6. The lowest BCUT2D eigenvalue weighted by molar-refractivity contribution is -0.122. The molecule has 0 radical (unpaired) electrons. The highest BCUT2D eigenvalue weighted by Crippen LogP contribution is 2.30. The Morgan fingerprint density at radius 3 is 2.81 bits per heavy atom. The number of carbonyl (C=O) groups is 1. The number of hydrogen-bond acceptors (Lipinski definition) is 5. The Kier molecular flexibility index (Phi) is 6.17. The van der Waals surface area contributed by atoms with Crippen LogP contribution in [-0.4, -0.2) is 60.0 Å². The molecule has 1 fully saturated rings. The summed E-state index contributed by atoms with van der Waals surface area (Å²) in [4.78, 5) is 21.5. The zero-order valence-electron chi connectivity index (χ0n) is 15.8. The smallest absolute Gasteiger partial charge is 0.234 e. The minimum Gasteiger partial charge on any atom is -0.354 e. The van der Waals surface area contributed by atoms with Crippen molar-refractivity contribution in [2.45, 2.75) is 31.7 Å². The normalized spacial score (nSPS) is 21.0. The Morgan fingerprint density at radius 1 is 1.19 bits per heavy atom. The predicted octanol–water partition coefficient (Wildman–Crippen LogP) is 2.50. The van der Waals surface area contributed by atoms with Crippen LogP contribution in [0.25, 0.3) is 0 Å². The number of thiazole rings is 1. The van der Waals surface area contributed by atoms with Gasteiger partial charge < -0.3 is 5.32 Å². The molecule has 1 saturated heterocycles. The van der Waals surface area contributed by atoms with Gasteiger partial charge >= 0.3 is 0 Å². The molecule has 4 rings (SSSR count). The molecule has 0 saturated carbocycles. The van der Waals surface area contributed by atoms with Crippen LogP contribution in [0.2, 0.25) is 0 Å². The fraction of sp³-hybridized carbons (Fsp3) is 0.524. The van der Waals surface area contributed by atoms with Gasteiger partial charge in [0.05, 0.1) is 17.7 Å². The van der Waals surface area contributed by atoms with E-state index in [0.717, 1.165) is 45.0 Å². The number of carbonyl (C=O) groups excluding carboxylic acids is 1. The molecule has 27 heavy (non-hydrogen) atoms. The molecule has 1 aliphatic carbocycles. The number of amides is 1. The summed E-state index contributed by atoms with van der Waals surface area (Å²) in [5.74, 6) is 0.625. The van der Waals surface area contributed by atoms with Crippen LogP contribution in [-0.2, 0) is 17.8 Å². The molecule has 1 aliphatic heterocycles. The SMILES string of the molecule is O=C(CN1CCN(Cc2cscn2)CC1)NCC1CCCc2ccccc21. The first kappa shape index (κ1) is 18.6. The first-order valence-corrected chi connectivity index (χ1v) is 10.9. The first-order valence-electron chi connectivity index (χ1n) is 9.94. The molecular formula is C21H28N4OS. The Morgan fingerprint density at radius 2 is 2.00 bits per heavy atom. The van der Waals surface area contributed by atoms with E-state index < -0.39 is 0 Å². The van der Waals surface area contributed by atoms with Gasteiger partial charge in [-0.15, -0.1) is 11.3 Å². The summed E-state index contributed by atoms with van der Waals surface area (Å²) in [6.07, 6.45) is 3.57. The average Bonchev–Trinajstić information content (AvgIpc) is 3.21. The van der Waals surface area contributed by atoms with E-state index in [2.05, 4.69) is 49.7 Å². The van der Waals surface area contributed by atoms with Crippen LogP contribution in [0.3, 0.4) is 0 Å². The van der Waals surface area contributed by atoms with Gasteiger partial charge in [0.25, 0.3) is 0 Å². The molecule has 1 aromatic carbocycles. The summed E-state index contributed by atoms with van der Waals surface area (Å²) in [6.45, 7) is 6.10. The third kappa shape index (κ3) is 4.94. The Labute approximate surface area is 165 Å². The summed E-state index contributed by atoms with van der Waals surface area (Å²) in [5, 5.41) is 5.30. The lowest BCUT2D eigenvalue weighted by Crippen LogP contribution is -2.49. The second-order valence-corrected chi connectivity index (χ2v) is 8.34. The highest BCUT2D eigenvalue weighted by atomic mass is 32.1. The van der Waals surface area contributed by atoms with Crippen molar-refractivity contribution in [1.82, 2.24) is 20.1 Å². The molecule has 0 bridgehead atoms. The number of piperazine rings is 1. The van der Waals surface area contributed by atoms with Crippen molar-refractivity contribution in [2.24, 2.45) is 0 Å². The van der Waals surface area contributed by atoms with E-state index in [1.807, 2.05) is 5.51 Å². The topological polar surface area (TPSA) is 48.5 Å². The van der Waals surface area contributed by atoms with Crippen molar-refractivity contribution in [3.8, 4) is 0 Å². The summed E-state index contributed by atoms with van der Waals surface area (Å²) in [6, 6.07) is 8.69. The maximum atomic E-state index is 12.4. The molecule has 1 atom stereocenters. The third-order valence-corrected chi connectivity index (χ3v) is 6.38. The van der Waals surface area contributed by atoms with E-state index in [1.165, 1.54) is 30.4 Å². The number of fused-ring (bicyclic) bond motifs is 1. The summed E-state index contributed by atoms with van der Waals surface area (Å²) in [5.41, 5.74) is 5.93. The van der Waals surface area contributed by atoms with Crippen molar-refractivity contribution in [3.05, 3.63) is 52.0 Å². The van der Waals surface area contributed by atoms with Crippen LogP contribution in [0.15, 0.2) is 35.2 Å². The standard InChI is InChI=1S/C21H28N4OS/c26-21(22-12-18-6-3-5-17-4-1-2-7-20(17)18)14-25-10-8-24(9-11-25)13-19-15-27-16-23-19/h1-2,4,7,15-16,18H,3,5-6,8-14H2,(H,22,26). The van der Waals surface area contributed by atoms with Gasteiger partial charge in [-0.05, 0) is 30.4 Å². The number of hydrogen-bond donors (Lipinski definition) is 1. The highest BCUT2D eigenvalue weighted by molar-refractivity contribution is 7.07. The van der Waals surface area contributed by atoms with E-state index in [0.29, 0.717) is 12.5 Å². The van der Waals surface area contributed by atoms with E-state index in [9.17, 15) is 4.79 Å².